The summed E-state index contributed by atoms with van der Waals surface area (Å²) in [6, 6.07) is 18.1. The molecule has 6 atom stereocenters. The van der Waals surface area contributed by atoms with Crippen molar-refractivity contribution >= 4 is 23.3 Å². The van der Waals surface area contributed by atoms with Crippen molar-refractivity contribution in [2.75, 3.05) is 39.5 Å². The number of carbonyl (C=O) groups excluding carboxylic acids is 4. The Morgan fingerprint density at radius 1 is 0.846 bits per heavy atom. The molecule has 2 aliphatic rings. The average Bonchev–Trinajstić information content (AvgIpc) is 3.87. The summed E-state index contributed by atoms with van der Waals surface area (Å²) in [6.07, 6.45) is 1.35. The van der Waals surface area contributed by atoms with Gasteiger partial charge in [-0.2, -0.15) is 0 Å². The van der Waals surface area contributed by atoms with E-state index in [1.165, 1.54) is 0 Å². The van der Waals surface area contributed by atoms with E-state index >= 15 is 0 Å². The molecule has 52 heavy (non-hydrogen) atoms. The number of hydrogen-bond donors (Lipinski definition) is 3. The number of aliphatic hydroxyl groups excluding tert-OH is 1. The monoisotopic (exact) mass is 719 g/mol. The van der Waals surface area contributed by atoms with E-state index in [4.69, 9.17) is 9.47 Å². The average molecular weight is 720 g/mol. The van der Waals surface area contributed by atoms with Gasteiger partial charge in [-0.25, -0.2) is 0 Å². The lowest BCUT2D eigenvalue weighted by Crippen LogP contribution is -2.52. The van der Waals surface area contributed by atoms with Crippen molar-refractivity contribution in [3.8, 4) is 0 Å². The Morgan fingerprint density at radius 2 is 1.42 bits per heavy atom. The van der Waals surface area contributed by atoms with Crippen LogP contribution >= 0.6 is 0 Å². The van der Waals surface area contributed by atoms with Gasteiger partial charge in [0, 0.05) is 37.8 Å². The number of ether oxygens (including phenoxy) is 2. The highest BCUT2D eigenvalue weighted by molar-refractivity contribution is 5.94. The smallest absolute Gasteiger partial charge is 0.224 e. The molecule has 2 fully saturated rings. The Hall–Kier alpha value is -3.28. The van der Waals surface area contributed by atoms with Crippen LogP contribution in [0.3, 0.4) is 0 Å². The largest absolute Gasteiger partial charge is 0.379 e. The lowest BCUT2D eigenvalue weighted by molar-refractivity contribution is -0.134. The van der Waals surface area contributed by atoms with Gasteiger partial charge in [0.05, 0.1) is 38.4 Å². The number of aryl methyl sites for hydroxylation is 1. The Kier molecular flexibility index (Phi) is 16.2. The fourth-order valence-corrected chi connectivity index (χ4v) is 6.99. The number of nitrogens with zero attached hydrogens (tertiary/aromatic N) is 1. The minimum absolute atomic E-state index is 0.00470. The molecular formula is C42H61N3O7. The molecule has 286 valence electrons. The third-order valence-electron chi connectivity index (χ3n) is 10.1. The number of benzene rings is 2. The number of aliphatic hydroxyl groups is 1. The van der Waals surface area contributed by atoms with Crippen LogP contribution in [0.2, 0.25) is 0 Å². The summed E-state index contributed by atoms with van der Waals surface area (Å²) < 4.78 is 10.9. The maximum atomic E-state index is 14.2. The fraction of sp³-hybridized carbons (Fsp3) is 0.619. The first-order chi connectivity index (χ1) is 24.8. The molecule has 2 saturated heterocycles. The van der Waals surface area contributed by atoms with Gasteiger partial charge < -0.3 is 19.9 Å². The van der Waals surface area contributed by atoms with Crippen LogP contribution in [-0.4, -0.2) is 96.6 Å². The van der Waals surface area contributed by atoms with Gasteiger partial charge in [0.25, 0.3) is 0 Å². The maximum Gasteiger partial charge on any atom is 0.224 e. The second kappa shape index (κ2) is 20.3. The van der Waals surface area contributed by atoms with Crippen molar-refractivity contribution in [3.05, 3.63) is 71.8 Å². The van der Waals surface area contributed by atoms with Gasteiger partial charge in [0.2, 0.25) is 5.91 Å². The molecule has 0 aromatic heterocycles. The van der Waals surface area contributed by atoms with Crippen molar-refractivity contribution in [3.63, 3.8) is 0 Å². The predicted molar refractivity (Wildman–Crippen MR) is 202 cm³/mol. The van der Waals surface area contributed by atoms with E-state index in [1.54, 1.807) is 6.92 Å². The topological polar surface area (TPSA) is 138 Å². The van der Waals surface area contributed by atoms with Crippen LogP contribution in [0.1, 0.15) is 77.8 Å². The van der Waals surface area contributed by atoms with Crippen LogP contribution in [0.4, 0.5) is 0 Å². The molecule has 0 spiro atoms. The molecule has 1 amide bonds. The summed E-state index contributed by atoms with van der Waals surface area (Å²) in [5, 5.41) is 17.9. The fourth-order valence-electron chi connectivity index (χ4n) is 6.99. The van der Waals surface area contributed by atoms with Gasteiger partial charge >= 0.3 is 0 Å². The predicted octanol–water partition coefficient (Wildman–Crippen LogP) is 4.56. The lowest BCUT2D eigenvalue weighted by Gasteiger charge is -2.31. The third kappa shape index (κ3) is 13.6. The number of ketones is 3. The summed E-state index contributed by atoms with van der Waals surface area (Å²) in [5.41, 5.74) is 1.18. The molecule has 0 radical (unpaired) electrons. The summed E-state index contributed by atoms with van der Waals surface area (Å²) in [6.45, 7) is 13.0. The summed E-state index contributed by atoms with van der Waals surface area (Å²) in [4.78, 5) is 57.1. The van der Waals surface area contributed by atoms with E-state index in [0.29, 0.717) is 65.0 Å². The van der Waals surface area contributed by atoms with Crippen LogP contribution in [-0.2, 0) is 41.5 Å². The third-order valence-corrected chi connectivity index (χ3v) is 10.1. The Bertz CT molecular complexity index is 1420. The number of morpholine rings is 1. The number of amides is 1. The number of nitrogens with one attached hydrogen (secondary N) is 2. The highest BCUT2D eigenvalue weighted by atomic mass is 16.6. The van der Waals surface area contributed by atoms with Gasteiger partial charge in [-0.1, -0.05) is 88.4 Å². The van der Waals surface area contributed by atoms with Crippen LogP contribution in [0, 0.1) is 23.7 Å². The van der Waals surface area contributed by atoms with Crippen molar-refractivity contribution in [2.45, 2.75) is 103 Å². The van der Waals surface area contributed by atoms with E-state index in [0.717, 1.165) is 11.1 Å². The highest BCUT2D eigenvalue weighted by Gasteiger charge is 2.50. The summed E-state index contributed by atoms with van der Waals surface area (Å²) in [7, 11) is 0. The lowest BCUT2D eigenvalue weighted by atomic mass is 9.86. The second-order valence-electron chi connectivity index (χ2n) is 15.8. The number of rotatable bonds is 23. The molecule has 2 aliphatic heterocycles. The first-order valence-electron chi connectivity index (χ1n) is 19.2. The molecular weight excluding hydrogens is 658 g/mol. The molecule has 2 aromatic carbocycles. The minimum Gasteiger partial charge on any atom is -0.379 e. The quantitative estimate of drug-likeness (QED) is 0.112. The van der Waals surface area contributed by atoms with Gasteiger partial charge in [0.15, 0.2) is 11.6 Å². The van der Waals surface area contributed by atoms with E-state index in [-0.39, 0.29) is 54.5 Å². The van der Waals surface area contributed by atoms with Gasteiger partial charge in [0.1, 0.15) is 17.6 Å². The Morgan fingerprint density at radius 3 is 2.00 bits per heavy atom. The highest BCUT2D eigenvalue weighted by Crippen LogP contribution is 2.30. The zero-order valence-corrected chi connectivity index (χ0v) is 31.9. The molecule has 3 N–H and O–H groups in total. The maximum absolute atomic E-state index is 14.2. The van der Waals surface area contributed by atoms with Gasteiger partial charge in [-0.15, -0.1) is 0 Å². The molecule has 0 saturated carbocycles. The molecule has 0 bridgehead atoms. The molecule has 2 heterocycles. The van der Waals surface area contributed by atoms with Crippen molar-refractivity contribution in [2.24, 2.45) is 23.7 Å². The van der Waals surface area contributed by atoms with E-state index in [2.05, 4.69) is 15.5 Å². The van der Waals surface area contributed by atoms with E-state index in [1.807, 2.05) is 88.4 Å². The molecule has 2 aromatic rings. The Labute approximate surface area is 310 Å². The molecule has 0 aliphatic carbocycles. The number of Topliss-reactive ketones (excluding diaryl/α,β-unsaturated/α-hetero) is 3. The summed E-state index contributed by atoms with van der Waals surface area (Å²) in [5.74, 6) is -1.47. The van der Waals surface area contributed by atoms with Crippen molar-refractivity contribution in [1.82, 2.24) is 15.5 Å². The molecule has 0 unspecified atom stereocenters. The zero-order chi connectivity index (χ0) is 37.7. The first-order valence-corrected chi connectivity index (χ1v) is 19.2. The normalized spacial score (nSPS) is 20.5. The number of epoxide rings is 1. The zero-order valence-electron chi connectivity index (χ0n) is 31.9. The van der Waals surface area contributed by atoms with E-state index < -0.39 is 35.7 Å². The van der Waals surface area contributed by atoms with Crippen molar-refractivity contribution < 1.29 is 33.8 Å². The number of carbonyl (C=O) groups is 4. The minimum atomic E-state index is -1.16. The molecule has 4 rings (SSSR count). The standard InChI is InChI=1S/C42H61N3O7/c1-29(2)22-36(43-40(49)33(17-16-31-12-8-6-9-13-31)25-35(46)27-45-18-20-51-21-19-45)38(47)26-34(24-32-14-10-7-11-15-32)41(50)44-37(23-30(3)4)39(48)42(5)28-52-42/h6-15,29-30,33-34,36-37,41,44,50H,16-28H2,1-5H3,(H,43,49)/t33-,34-,36+,37+,41+,42-/m1/s1. The Balaban J connectivity index is 1.51. The molecule has 10 nitrogen and oxygen atoms in total. The SMILES string of the molecule is CC(C)C[C@H](NC(=O)[C@H](CCc1ccccc1)CC(=O)CN1CCOCC1)C(=O)C[C@@H](Cc1ccccc1)[C@H](O)N[C@@H](CC(C)C)C(=O)[C@@]1(C)CO1. The van der Waals surface area contributed by atoms with E-state index in [9.17, 15) is 24.3 Å². The van der Waals surface area contributed by atoms with Crippen LogP contribution in [0.15, 0.2) is 60.7 Å². The second-order valence-corrected chi connectivity index (χ2v) is 15.8. The first kappa shape index (κ1) is 41.5. The summed E-state index contributed by atoms with van der Waals surface area (Å²) >= 11 is 0. The van der Waals surface area contributed by atoms with Crippen molar-refractivity contribution in [1.29, 1.82) is 0 Å². The van der Waals surface area contributed by atoms with Gasteiger partial charge in [-0.05, 0) is 62.0 Å². The van der Waals surface area contributed by atoms with Gasteiger partial charge in [-0.3, -0.25) is 29.4 Å². The van der Waals surface area contributed by atoms with Crippen LogP contribution < -0.4 is 10.6 Å². The molecule has 10 heteroatoms. The number of hydrogen-bond acceptors (Lipinski definition) is 9. The van der Waals surface area contributed by atoms with Crippen LogP contribution in [0.25, 0.3) is 0 Å². The van der Waals surface area contributed by atoms with Crippen LogP contribution in [0.5, 0.6) is 0 Å².